The number of nitrogens with two attached hydrogens (primary N) is 1. The van der Waals surface area contributed by atoms with E-state index in [2.05, 4.69) is 65.8 Å². The highest BCUT2D eigenvalue weighted by atomic mass is 127. The Kier molecular flexibility index (Phi) is 14.6. The molecule has 130 valence electrons. The van der Waals surface area contributed by atoms with Crippen molar-refractivity contribution in [3.8, 4) is 11.2 Å². The van der Waals surface area contributed by atoms with Crippen LogP contribution >= 0.6 is 30.1 Å². The molecule has 0 radical (unpaired) electrons. The summed E-state index contributed by atoms with van der Waals surface area (Å²) in [6, 6.07) is 7.09. The van der Waals surface area contributed by atoms with Crippen LogP contribution in [0.3, 0.4) is 0 Å². The van der Waals surface area contributed by atoms with Crippen LogP contribution in [0.4, 0.5) is 0 Å². The Morgan fingerprint density at radius 2 is 1.61 bits per heavy atom. The number of benzene rings is 1. The van der Waals surface area contributed by atoms with Crippen LogP contribution < -0.4 is 5.73 Å². The van der Waals surface area contributed by atoms with Gasteiger partial charge in [0.1, 0.15) is 0 Å². The summed E-state index contributed by atoms with van der Waals surface area (Å²) in [7, 11) is 2.93. The number of halogens is 1. The highest BCUT2D eigenvalue weighted by Gasteiger charge is 2.07. The first-order valence-corrected chi connectivity index (χ1v) is 10.7. The molecule has 1 aromatic rings. The fourth-order valence-electron chi connectivity index (χ4n) is 1.05. The second-order valence-corrected chi connectivity index (χ2v) is 8.02. The first kappa shape index (κ1) is 24.5. The summed E-state index contributed by atoms with van der Waals surface area (Å²) in [5.74, 6) is 2.66. The van der Waals surface area contributed by atoms with E-state index < -0.39 is 0 Å². The van der Waals surface area contributed by atoms with Crippen molar-refractivity contribution in [3.05, 3.63) is 35.4 Å². The summed E-state index contributed by atoms with van der Waals surface area (Å²) in [5, 5.41) is 2.88. The zero-order chi connectivity index (χ0) is 18.5. The van der Waals surface area contributed by atoms with Crippen LogP contribution in [0.25, 0.3) is 0 Å². The average molecular weight is 449 g/mol. The topological polar surface area (TPSA) is 52.3 Å². The van der Waals surface area contributed by atoms with Crippen LogP contribution in [0.1, 0.15) is 57.5 Å². The molecule has 0 aromatic heterocycles. The number of ether oxygens (including phenoxy) is 1. The third kappa shape index (κ3) is 17.5. The van der Waals surface area contributed by atoms with Gasteiger partial charge >= 0.3 is 5.97 Å². The van der Waals surface area contributed by atoms with Crippen molar-refractivity contribution in [3.63, 3.8) is 0 Å². The molecule has 2 N–H and O–H groups in total. The quantitative estimate of drug-likeness (QED) is 0.380. The molecular formula is C18H28INO2S. The molecule has 0 aliphatic heterocycles. The molecule has 23 heavy (non-hydrogen) atoms. The summed E-state index contributed by atoms with van der Waals surface area (Å²) in [6.45, 7) is 12.4. The van der Waals surface area contributed by atoms with E-state index in [9.17, 15) is 4.79 Å². The van der Waals surface area contributed by atoms with E-state index in [1.54, 1.807) is 12.1 Å². The Hall–Kier alpha value is -0.710. The Bertz CT molecular complexity index is 490. The fraction of sp³-hybridized carbons (Fsp3) is 0.500. The maximum absolute atomic E-state index is 11.5. The number of carbonyl (C=O) groups excluding carboxylic acids is 1. The Labute approximate surface area is 157 Å². The third-order valence-electron chi connectivity index (χ3n) is 1.70. The van der Waals surface area contributed by atoms with Gasteiger partial charge in [-0.2, -0.15) is 0 Å². The maximum Gasteiger partial charge on any atom is 0.338 e. The molecule has 1 rings (SSSR count). The third-order valence-corrected chi connectivity index (χ3v) is 2.54. The van der Waals surface area contributed by atoms with Crippen molar-refractivity contribution in [2.75, 3.05) is 7.05 Å². The predicted octanol–water partition coefficient (Wildman–Crippen LogP) is 5.27. The minimum atomic E-state index is -0.294. The smallest absolute Gasteiger partial charge is 0.338 e. The molecule has 0 saturated heterocycles. The van der Waals surface area contributed by atoms with Gasteiger partial charge in [0.2, 0.25) is 0 Å². The summed E-state index contributed by atoms with van der Waals surface area (Å²) < 4.78 is 5.08. The van der Waals surface area contributed by atoms with Gasteiger partial charge in [-0.05, 0) is 64.8 Å². The van der Waals surface area contributed by atoms with Crippen LogP contribution in [0.15, 0.2) is 24.3 Å². The molecule has 3 nitrogen and oxygen atoms in total. The first-order chi connectivity index (χ1) is 10.6. The molecule has 0 aliphatic rings. The minimum absolute atomic E-state index is 0.0950. The zero-order valence-corrected chi connectivity index (χ0v) is 18.0. The predicted molar refractivity (Wildman–Crippen MR) is 111 cm³/mol. The molecule has 0 heterocycles. The average Bonchev–Trinajstić information content (AvgIpc) is 2.45. The molecule has 0 fully saturated rings. The fourth-order valence-corrected chi connectivity index (χ4v) is 1.54. The summed E-state index contributed by atoms with van der Waals surface area (Å²) in [5.41, 5.74) is 6.45. The van der Waals surface area contributed by atoms with Crippen molar-refractivity contribution in [1.82, 2.24) is 0 Å². The van der Waals surface area contributed by atoms with E-state index in [1.165, 1.54) is 16.0 Å². The van der Waals surface area contributed by atoms with Gasteiger partial charge in [-0.1, -0.05) is 33.6 Å². The first-order valence-electron chi connectivity index (χ1n) is 7.31. The van der Waals surface area contributed by atoms with Crippen molar-refractivity contribution in [2.45, 2.75) is 47.6 Å². The van der Waals surface area contributed by atoms with Crippen molar-refractivity contribution in [1.29, 1.82) is 0 Å². The Balaban J connectivity index is 0. The van der Waals surface area contributed by atoms with Gasteiger partial charge in [0.25, 0.3) is 0 Å². The molecule has 0 atom stereocenters. The summed E-state index contributed by atoms with van der Waals surface area (Å²) in [4.78, 5) is 11.5. The van der Waals surface area contributed by atoms with Crippen LogP contribution in [0.2, 0.25) is 0 Å². The molecule has 5 heteroatoms. The van der Waals surface area contributed by atoms with E-state index >= 15 is 0 Å². The second-order valence-electron chi connectivity index (χ2n) is 6.34. The van der Waals surface area contributed by atoms with Gasteiger partial charge in [0.05, 0.1) is 11.7 Å². The largest absolute Gasteiger partial charge is 0.459 e. The van der Waals surface area contributed by atoms with Crippen molar-refractivity contribution >= 4 is 36.1 Å². The molecular weight excluding hydrogens is 421 g/mol. The highest BCUT2D eigenvalue weighted by molar-refractivity contribution is 14.2. The molecule has 0 unspecified atom stereocenters. The van der Waals surface area contributed by atoms with Gasteiger partial charge < -0.3 is 10.5 Å². The monoisotopic (exact) mass is 449 g/mol. The van der Waals surface area contributed by atoms with Crippen LogP contribution in [-0.2, 0) is 4.74 Å². The van der Waals surface area contributed by atoms with E-state index in [1.807, 2.05) is 26.0 Å². The highest BCUT2D eigenvalue weighted by Crippen LogP contribution is 2.10. The van der Waals surface area contributed by atoms with Gasteiger partial charge in [0.15, 0.2) is 0 Å². The Morgan fingerprint density at radius 3 is 1.96 bits per heavy atom. The number of rotatable bonds is 2. The van der Waals surface area contributed by atoms with Gasteiger partial charge in [-0.15, -0.1) is 0 Å². The minimum Gasteiger partial charge on any atom is -0.459 e. The molecule has 0 aliphatic carbocycles. The summed E-state index contributed by atoms with van der Waals surface area (Å²) in [6.07, 6.45) is -0.0950. The number of hydrogen-bond donors (Lipinski definition) is 1. The normalized spacial score (nSPS) is 9.48. The number of hydrogen-bond acceptors (Lipinski definition) is 4. The van der Waals surface area contributed by atoms with E-state index in [-0.39, 0.29) is 12.1 Å². The SMILES string of the molecule is CC(C)(C)C.CC(C)OC(=O)c1ccc(C#CSI)cc1.CN. The van der Waals surface area contributed by atoms with E-state index in [4.69, 9.17) is 4.74 Å². The van der Waals surface area contributed by atoms with Gasteiger partial charge in [-0.3, -0.25) is 0 Å². The second kappa shape index (κ2) is 13.7. The molecule has 1 aromatic carbocycles. The number of esters is 1. The lowest BCUT2D eigenvalue weighted by Gasteiger charge is -2.07. The maximum atomic E-state index is 11.5. The molecule has 0 amide bonds. The molecule has 0 saturated carbocycles. The lowest BCUT2D eigenvalue weighted by molar-refractivity contribution is 0.0378. The van der Waals surface area contributed by atoms with Crippen molar-refractivity contribution < 1.29 is 9.53 Å². The number of carbonyl (C=O) groups is 1. The van der Waals surface area contributed by atoms with Crippen molar-refractivity contribution in [2.24, 2.45) is 11.1 Å². The van der Waals surface area contributed by atoms with Crippen LogP contribution in [0.5, 0.6) is 0 Å². The van der Waals surface area contributed by atoms with Crippen LogP contribution in [-0.4, -0.2) is 19.1 Å². The lowest BCUT2D eigenvalue weighted by atomic mass is 10.0. The van der Waals surface area contributed by atoms with Crippen LogP contribution in [0, 0.1) is 16.6 Å². The van der Waals surface area contributed by atoms with E-state index in [0.29, 0.717) is 11.0 Å². The summed E-state index contributed by atoms with van der Waals surface area (Å²) >= 11 is 2.11. The molecule has 0 bridgehead atoms. The molecule has 0 spiro atoms. The van der Waals surface area contributed by atoms with Gasteiger partial charge in [0, 0.05) is 26.8 Å². The standard InChI is InChI=1S/C12H11IO2S.C5H12.CH5N/c1-9(2)15-12(14)11-5-3-10(4-6-11)7-8-16-13;1-5(2,3)4;1-2/h3-6,9H,1-2H3;1-4H3;2H2,1H3. The Morgan fingerprint density at radius 1 is 1.17 bits per heavy atom. The van der Waals surface area contributed by atoms with Gasteiger partial charge in [-0.25, -0.2) is 4.79 Å². The zero-order valence-electron chi connectivity index (χ0n) is 15.1. The lowest BCUT2D eigenvalue weighted by Crippen LogP contribution is -2.11. The van der Waals surface area contributed by atoms with E-state index in [0.717, 1.165) is 5.56 Å².